The predicted molar refractivity (Wildman–Crippen MR) is 58.5 cm³/mol. The molecule has 0 aromatic heterocycles. The molecule has 0 amide bonds. The van der Waals surface area contributed by atoms with Gasteiger partial charge in [0, 0.05) is 0 Å². The second-order valence-corrected chi connectivity index (χ2v) is 4.77. The van der Waals surface area contributed by atoms with E-state index in [2.05, 4.69) is 0 Å². The second kappa shape index (κ2) is 5.16. The second-order valence-electron chi connectivity index (χ2n) is 4.77. The molecule has 0 atom stereocenters. The van der Waals surface area contributed by atoms with Crippen LogP contribution >= 0.6 is 0 Å². The fourth-order valence-corrected chi connectivity index (χ4v) is 1.32. The summed E-state index contributed by atoms with van der Waals surface area (Å²) in [6.07, 6.45) is -0.0512. The number of ether oxygens (including phenoxy) is 1. The van der Waals surface area contributed by atoms with Crippen molar-refractivity contribution in [1.29, 1.82) is 0 Å². The maximum Gasteiger partial charge on any atom is 0.335 e. The van der Waals surface area contributed by atoms with Crippen molar-refractivity contribution in [1.82, 2.24) is 0 Å². The Labute approximate surface area is 99.6 Å². The van der Waals surface area contributed by atoms with Crippen molar-refractivity contribution in [2.75, 3.05) is 0 Å². The number of carboxylic acid groups (broad SMARTS) is 2. The monoisotopic (exact) mass is 246 g/mol. The molecule has 0 heterocycles. The first-order chi connectivity index (χ1) is 7.58. The van der Waals surface area contributed by atoms with Crippen LogP contribution in [0.2, 0.25) is 0 Å². The summed E-state index contributed by atoms with van der Waals surface area (Å²) in [4.78, 5) is 34.0. The normalized spacial score (nSPS) is 12.0. The van der Waals surface area contributed by atoms with Gasteiger partial charge in [-0.05, 0) is 27.2 Å². The van der Waals surface area contributed by atoms with Crippen LogP contribution in [0.15, 0.2) is 0 Å². The highest BCUT2D eigenvalue weighted by atomic mass is 16.6. The molecule has 0 aliphatic rings. The fraction of sp³-hybridized carbons (Fsp3) is 0.727. The highest BCUT2D eigenvalue weighted by Crippen LogP contribution is 2.29. The Morgan fingerprint density at radius 3 is 1.71 bits per heavy atom. The van der Waals surface area contributed by atoms with Gasteiger partial charge in [-0.3, -0.25) is 14.4 Å². The lowest BCUT2D eigenvalue weighted by molar-refractivity contribution is -0.185. The lowest BCUT2D eigenvalue weighted by atomic mass is 9.83. The highest BCUT2D eigenvalue weighted by molar-refractivity contribution is 6.16. The van der Waals surface area contributed by atoms with Crippen molar-refractivity contribution in [3.05, 3.63) is 0 Å². The number of carbonyl (C=O) groups excluding carboxylic acids is 1. The van der Waals surface area contributed by atoms with Crippen LogP contribution in [0.5, 0.6) is 0 Å². The molecule has 0 saturated carbocycles. The zero-order valence-corrected chi connectivity index (χ0v) is 10.4. The van der Waals surface area contributed by atoms with Crippen LogP contribution in [0.4, 0.5) is 0 Å². The van der Waals surface area contributed by atoms with E-state index in [-0.39, 0.29) is 12.8 Å². The van der Waals surface area contributed by atoms with Gasteiger partial charge in [0.1, 0.15) is 5.60 Å². The van der Waals surface area contributed by atoms with Crippen LogP contribution in [0.3, 0.4) is 0 Å². The van der Waals surface area contributed by atoms with Crippen molar-refractivity contribution in [2.24, 2.45) is 5.41 Å². The first-order valence-corrected chi connectivity index (χ1v) is 5.28. The molecule has 0 aliphatic carbocycles. The highest BCUT2D eigenvalue weighted by Gasteiger charge is 2.55. The van der Waals surface area contributed by atoms with E-state index in [9.17, 15) is 14.4 Å². The number of carboxylic acids is 2. The summed E-state index contributed by atoms with van der Waals surface area (Å²) in [5.41, 5.74) is -3.44. The molecular formula is C11H18O6. The van der Waals surface area contributed by atoms with E-state index in [0.717, 1.165) is 0 Å². The largest absolute Gasteiger partial charge is 0.480 e. The number of esters is 1. The van der Waals surface area contributed by atoms with E-state index < -0.39 is 28.9 Å². The van der Waals surface area contributed by atoms with Gasteiger partial charge in [0.2, 0.25) is 0 Å². The summed E-state index contributed by atoms with van der Waals surface area (Å²) in [7, 11) is 0. The van der Waals surface area contributed by atoms with Crippen LogP contribution in [0.1, 0.15) is 40.5 Å². The summed E-state index contributed by atoms with van der Waals surface area (Å²) < 4.78 is 4.88. The van der Waals surface area contributed by atoms with E-state index in [4.69, 9.17) is 14.9 Å². The van der Waals surface area contributed by atoms with Crippen LogP contribution in [0.25, 0.3) is 0 Å². The van der Waals surface area contributed by atoms with E-state index in [1.54, 1.807) is 27.7 Å². The Morgan fingerprint density at radius 1 is 1.06 bits per heavy atom. The lowest BCUT2D eigenvalue weighted by Gasteiger charge is -2.27. The standard InChI is InChI=1S/C11H18O6/c1-5-6-11(7(12)13,8(14)15)9(16)17-10(2,3)4/h5-6H2,1-4H3,(H,12,13)(H,14,15). The van der Waals surface area contributed by atoms with Crippen LogP contribution < -0.4 is 0 Å². The third-order valence-corrected chi connectivity index (χ3v) is 2.10. The summed E-state index contributed by atoms with van der Waals surface area (Å²) in [5, 5.41) is 18.0. The van der Waals surface area contributed by atoms with Gasteiger partial charge in [0.25, 0.3) is 5.41 Å². The maximum absolute atomic E-state index is 11.8. The molecular weight excluding hydrogens is 228 g/mol. The quantitative estimate of drug-likeness (QED) is 0.559. The van der Waals surface area contributed by atoms with Gasteiger partial charge in [-0.15, -0.1) is 0 Å². The summed E-state index contributed by atoms with van der Waals surface area (Å²) in [6.45, 7) is 6.24. The molecule has 0 aromatic carbocycles. The van der Waals surface area contributed by atoms with E-state index in [1.807, 2.05) is 0 Å². The smallest absolute Gasteiger partial charge is 0.335 e. The van der Waals surface area contributed by atoms with Gasteiger partial charge in [0.05, 0.1) is 0 Å². The number of hydrogen-bond donors (Lipinski definition) is 2. The molecule has 0 spiro atoms. The van der Waals surface area contributed by atoms with Crippen LogP contribution in [-0.4, -0.2) is 33.7 Å². The third-order valence-electron chi connectivity index (χ3n) is 2.10. The Bertz CT molecular complexity index is 311. The number of aliphatic carboxylic acids is 2. The van der Waals surface area contributed by atoms with E-state index in [1.165, 1.54) is 0 Å². The molecule has 0 radical (unpaired) electrons. The van der Waals surface area contributed by atoms with Gasteiger partial charge in [0.15, 0.2) is 0 Å². The maximum atomic E-state index is 11.8. The van der Waals surface area contributed by atoms with Gasteiger partial charge >= 0.3 is 17.9 Å². The molecule has 98 valence electrons. The Morgan fingerprint density at radius 2 is 1.47 bits per heavy atom. The van der Waals surface area contributed by atoms with Crippen LogP contribution in [0, 0.1) is 5.41 Å². The van der Waals surface area contributed by atoms with Crippen molar-refractivity contribution in [3.8, 4) is 0 Å². The zero-order valence-electron chi connectivity index (χ0n) is 10.4. The van der Waals surface area contributed by atoms with E-state index >= 15 is 0 Å². The molecule has 0 bridgehead atoms. The topological polar surface area (TPSA) is 101 Å². The molecule has 0 unspecified atom stereocenters. The molecule has 0 aromatic rings. The molecule has 0 rings (SSSR count). The van der Waals surface area contributed by atoms with Gasteiger partial charge in [-0.1, -0.05) is 13.3 Å². The SMILES string of the molecule is CCCC(C(=O)O)(C(=O)O)C(=O)OC(C)(C)C. The average Bonchev–Trinajstić information content (AvgIpc) is 2.09. The van der Waals surface area contributed by atoms with Gasteiger partial charge < -0.3 is 14.9 Å². The van der Waals surface area contributed by atoms with Gasteiger partial charge in [-0.2, -0.15) is 0 Å². The molecule has 17 heavy (non-hydrogen) atoms. The molecule has 6 nitrogen and oxygen atoms in total. The minimum Gasteiger partial charge on any atom is -0.480 e. The zero-order chi connectivity index (χ0) is 13.9. The fourth-order valence-electron chi connectivity index (χ4n) is 1.32. The first-order valence-electron chi connectivity index (χ1n) is 5.28. The Hall–Kier alpha value is -1.59. The summed E-state index contributed by atoms with van der Waals surface area (Å²) in [5.74, 6) is -4.62. The molecule has 2 N–H and O–H groups in total. The number of hydrogen-bond acceptors (Lipinski definition) is 4. The molecule has 0 aliphatic heterocycles. The number of rotatable bonds is 5. The summed E-state index contributed by atoms with van der Waals surface area (Å²) >= 11 is 0. The lowest BCUT2D eigenvalue weighted by Crippen LogP contribution is -2.49. The average molecular weight is 246 g/mol. The third kappa shape index (κ3) is 3.44. The van der Waals surface area contributed by atoms with Gasteiger partial charge in [-0.25, -0.2) is 0 Å². The van der Waals surface area contributed by atoms with Crippen molar-refractivity contribution >= 4 is 17.9 Å². The number of carbonyl (C=O) groups is 3. The first kappa shape index (κ1) is 15.4. The molecule has 6 heteroatoms. The minimum absolute atomic E-state index is 0.248. The van der Waals surface area contributed by atoms with Crippen molar-refractivity contribution < 1.29 is 29.3 Å². The van der Waals surface area contributed by atoms with Crippen molar-refractivity contribution in [3.63, 3.8) is 0 Å². The predicted octanol–water partition coefficient (Wildman–Crippen LogP) is 1.28. The Kier molecular flexibility index (Phi) is 4.68. The van der Waals surface area contributed by atoms with Crippen LogP contribution in [-0.2, 0) is 19.1 Å². The summed E-state index contributed by atoms with van der Waals surface area (Å²) in [6, 6.07) is 0. The Balaban J connectivity index is 5.37. The van der Waals surface area contributed by atoms with E-state index in [0.29, 0.717) is 0 Å². The molecule has 0 saturated heterocycles. The van der Waals surface area contributed by atoms with Crippen molar-refractivity contribution in [2.45, 2.75) is 46.1 Å². The minimum atomic E-state index is -2.51. The molecule has 0 fully saturated rings.